The fourth-order valence-electron chi connectivity index (χ4n) is 4.60. The quantitative estimate of drug-likeness (QED) is 0.550. The number of methoxy groups -OCH3 is 1. The van der Waals surface area contributed by atoms with E-state index >= 15 is 0 Å². The van der Waals surface area contributed by atoms with Crippen molar-refractivity contribution in [3.05, 3.63) is 47.8 Å². The molecule has 1 aromatic carbocycles. The van der Waals surface area contributed by atoms with Crippen LogP contribution in [0.1, 0.15) is 67.2 Å². The summed E-state index contributed by atoms with van der Waals surface area (Å²) in [7, 11) is 1.28. The third kappa shape index (κ3) is 6.73. The maximum absolute atomic E-state index is 13.4. The molecule has 0 atom stereocenters. The van der Waals surface area contributed by atoms with Crippen molar-refractivity contribution >= 4 is 29.3 Å². The van der Waals surface area contributed by atoms with E-state index in [1.807, 2.05) is 32.9 Å². The number of pyridine rings is 1. The van der Waals surface area contributed by atoms with Gasteiger partial charge in [0.25, 0.3) is 5.91 Å². The van der Waals surface area contributed by atoms with Crippen molar-refractivity contribution in [2.45, 2.75) is 58.2 Å². The Labute approximate surface area is 223 Å². The molecule has 1 N–H and O–H groups in total. The van der Waals surface area contributed by atoms with Crippen molar-refractivity contribution in [2.75, 3.05) is 43.5 Å². The third-order valence-electron chi connectivity index (χ3n) is 6.54. The molecule has 2 saturated heterocycles. The molecule has 0 bridgehead atoms. The minimum absolute atomic E-state index is 0.168. The Balaban J connectivity index is 1.52. The average Bonchev–Trinajstić information content (AvgIpc) is 3.43. The zero-order chi connectivity index (χ0) is 27.3. The topological polar surface area (TPSA) is 110 Å². The summed E-state index contributed by atoms with van der Waals surface area (Å²) in [6.07, 6.45) is 5.85. The van der Waals surface area contributed by atoms with Crippen LogP contribution in [-0.4, -0.2) is 72.8 Å². The second-order valence-corrected chi connectivity index (χ2v) is 10.5. The molecule has 2 fully saturated rings. The van der Waals surface area contributed by atoms with Gasteiger partial charge in [0, 0.05) is 57.0 Å². The highest BCUT2D eigenvalue weighted by molar-refractivity contribution is 6.09. The second-order valence-electron chi connectivity index (χ2n) is 10.5. The number of anilines is 2. The number of likely N-dealkylation sites (tertiary alicyclic amines) is 1. The highest BCUT2D eigenvalue weighted by Gasteiger charge is 2.29. The largest absolute Gasteiger partial charge is 0.489 e. The lowest BCUT2D eigenvalue weighted by Gasteiger charge is -2.34. The van der Waals surface area contributed by atoms with Crippen LogP contribution in [0.2, 0.25) is 0 Å². The first-order valence-electron chi connectivity index (χ1n) is 13.0. The molecule has 2 aliphatic rings. The number of rotatable bonds is 6. The molecule has 10 heteroatoms. The summed E-state index contributed by atoms with van der Waals surface area (Å²) >= 11 is 0. The van der Waals surface area contributed by atoms with Gasteiger partial charge >= 0.3 is 12.1 Å². The van der Waals surface area contributed by atoms with Gasteiger partial charge in [-0.25, -0.2) is 9.59 Å². The van der Waals surface area contributed by atoms with Crippen molar-refractivity contribution in [3.8, 4) is 5.75 Å². The van der Waals surface area contributed by atoms with E-state index in [0.29, 0.717) is 37.2 Å². The minimum atomic E-state index is -0.569. The van der Waals surface area contributed by atoms with Gasteiger partial charge in [-0.1, -0.05) is 0 Å². The molecule has 2 amide bonds. The monoisotopic (exact) mass is 524 g/mol. The Morgan fingerprint density at radius 1 is 1.00 bits per heavy atom. The first-order valence-corrected chi connectivity index (χ1v) is 13.0. The average molecular weight is 525 g/mol. The molecule has 0 spiro atoms. The number of hydrogen-bond donors (Lipinski definition) is 1. The van der Waals surface area contributed by atoms with Crippen molar-refractivity contribution in [1.82, 2.24) is 9.88 Å². The maximum Gasteiger partial charge on any atom is 0.410 e. The number of aromatic nitrogens is 1. The Morgan fingerprint density at radius 3 is 2.37 bits per heavy atom. The molecule has 0 unspecified atom stereocenters. The number of benzene rings is 1. The third-order valence-corrected chi connectivity index (χ3v) is 6.54. The predicted octanol–water partition coefficient (Wildman–Crippen LogP) is 4.50. The second kappa shape index (κ2) is 11.7. The molecule has 2 aliphatic heterocycles. The van der Waals surface area contributed by atoms with Crippen LogP contribution in [0.5, 0.6) is 5.75 Å². The number of esters is 1. The van der Waals surface area contributed by atoms with Gasteiger partial charge in [-0.3, -0.25) is 9.78 Å². The van der Waals surface area contributed by atoms with E-state index in [-0.39, 0.29) is 23.4 Å². The van der Waals surface area contributed by atoms with E-state index in [1.54, 1.807) is 11.0 Å². The van der Waals surface area contributed by atoms with Crippen LogP contribution in [-0.2, 0) is 9.47 Å². The molecule has 38 heavy (non-hydrogen) atoms. The van der Waals surface area contributed by atoms with Crippen LogP contribution >= 0.6 is 0 Å². The highest BCUT2D eigenvalue weighted by atomic mass is 16.6. The van der Waals surface area contributed by atoms with Crippen molar-refractivity contribution in [3.63, 3.8) is 0 Å². The minimum Gasteiger partial charge on any atom is -0.489 e. The zero-order valence-electron chi connectivity index (χ0n) is 22.5. The normalized spacial score (nSPS) is 16.2. The molecule has 4 rings (SSSR count). The smallest absolute Gasteiger partial charge is 0.410 e. The van der Waals surface area contributed by atoms with Gasteiger partial charge in [-0.05, 0) is 51.8 Å². The summed E-state index contributed by atoms with van der Waals surface area (Å²) in [5.41, 5.74) is 1.26. The molecule has 0 aliphatic carbocycles. The highest BCUT2D eigenvalue weighted by Crippen LogP contribution is 2.31. The Kier molecular flexibility index (Phi) is 8.38. The zero-order valence-corrected chi connectivity index (χ0v) is 22.5. The number of ether oxygens (including phenoxy) is 3. The summed E-state index contributed by atoms with van der Waals surface area (Å²) < 4.78 is 16.7. The van der Waals surface area contributed by atoms with E-state index in [4.69, 9.17) is 14.2 Å². The number of amides is 2. The van der Waals surface area contributed by atoms with Crippen LogP contribution in [0, 0.1) is 0 Å². The number of nitrogens with one attached hydrogen (secondary N) is 1. The lowest BCUT2D eigenvalue weighted by Crippen LogP contribution is -2.44. The fourth-order valence-corrected chi connectivity index (χ4v) is 4.60. The first-order chi connectivity index (χ1) is 18.1. The molecule has 10 nitrogen and oxygen atoms in total. The molecule has 2 aromatic rings. The van der Waals surface area contributed by atoms with Gasteiger partial charge in [0.15, 0.2) is 0 Å². The summed E-state index contributed by atoms with van der Waals surface area (Å²) in [5.74, 6) is -0.524. The van der Waals surface area contributed by atoms with E-state index in [1.165, 1.54) is 25.6 Å². The summed E-state index contributed by atoms with van der Waals surface area (Å²) in [4.78, 5) is 46.0. The summed E-state index contributed by atoms with van der Waals surface area (Å²) in [6, 6.07) is 7.07. The molecule has 3 heterocycles. The van der Waals surface area contributed by atoms with Gasteiger partial charge < -0.3 is 29.3 Å². The standard InChI is InChI=1S/C28H36N4O6/c1-28(2,3)38-27(35)32-15-10-20(11-16-32)37-24-17-19(31-13-5-6-14-31)7-8-22(24)25(33)30-23-18-29-12-9-21(23)26(34)36-4/h7-9,12,17-18,20H,5-6,10-11,13-16H2,1-4H3,(H,30,33). The molecule has 0 radical (unpaired) electrons. The molecular weight excluding hydrogens is 488 g/mol. The van der Waals surface area contributed by atoms with Crippen molar-refractivity contribution in [1.29, 1.82) is 0 Å². The number of piperidine rings is 1. The van der Waals surface area contributed by atoms with Crippen LogP contribution in [0.15, 0.2) is 36.7 Å². The van der Waals surface area contributed by atoms with Gasteiger partial charge in [-0.15, -0.1) is 0 Å². The van der Waals surface area contributed by atoms with Gasteiger partial charge in [0.1, 0.15) is 17.5 Å². The van der Waals surface area contributed by atoms with Gasteiger partial charge in [0.05, 0.1) is 30.1 Å². The van der Waals surface area contributed by atoms with Crippen molar-refractivity contribution in [2.24, 2.45) is 0 Å². The van der Waals surface area contributed by atoms with Crippen LogP contribution < -0.4 is 15.0 Å². The molecular formula is C28H36N4O6. The lowest BCUT2D eigenvalue weighted by molar-refractivity contribution is 0.0126. The summed E-state index contributed by atoms with van der Waals surface area (Å²) in [6.45, 7) is 8.46. The number of hydrogen-bond acceptors (Lipinski definition) is 8. The fraction of sp³-hybridized carbons (Fsp3) is 0.500. The van der Waals surface area contributed by atoms with E-state index in [9.17, 15) is 14.4 Å². The Bertz CT molecular complexity index is 1160. The lowest BCUT2D eigenvalue weighted by atomic mass is 10.1. The maximum atomic E-state index is 13.4. The number of carbonyl (C=O) groups excluding carboxylic acids is 3. The Morgan fingerprint density at radius 2 is 1.71 bits per heavy atom. The number of carbonyl (C=O) groups is 3. The summed E-state index contributed by atoms with van der Waals surface area (Å²) in [5, 5.41) is 2.79. The molecule has 1 aromatic heterocycles. The van der Waals surface area contributed by atoms with Gasteiger partial charge in [0.2, 0.25) is 0 Å². The predicted molar refractivity (Wildman–Crippen MR) is 143 cm³/mol. The van der Waals surface area contributed by atoms with E-state index in [0.717, 1.165) is 31.6 Å². The SMILES string of the molecule is COC(=O)c1ccncc1NC(=O)c1ccc(N2CCCC2)cc1OC1CCN(C(=O)OC(C)(C)C)CC1. The van der Waals surface area contributed by atoms with Crippen LogP contribution in [0.4, 0.5) is 16.2 Å². The first kappa shape index (κ1) is 27.2. The van der Waals surface area contributed by atoms with Crippen LogP contribution in [0.3, 0.4) is 0 Å². The van der Waals surface area contributed by atoms with E-state index < -0.39 is 17.5 Å². The van der Waals surface area contributed by atoms with E-state index in [2.05, 4.69) is 15.2 Å². The van der Waals surface area contributed by atoms with Crippen LogP contribution in [0.25, 0.3) is 0 Å². The number of nitrogens with zero attached hydrogens (tertiary/aromatic N) is 3. The van der Waals surface area contributed by atoms with Gasteiger partial charge in [-0.2, -0.15) is 0 Å². The Hall–Kier alpha value is -3.82. The van der Waals surface area contributed by atoms with Crippen molar-refractivity contribution < 1.29 is 28.6 Å². The molecule has 0 saturated carbocycles. The molecule has 204 valence electrons.